The number of hydrogen-bond acceptors (Lipinski definition) is 3. The van der Waals surface area contributed by atoms with Gasteiger partial charge in [0.1, 0.15) is 11.9 Å². The second-order valence-electron chi connectivity index (χ2n) is 3.93. The number of nitrogens with two attached hydrogens (primary N) is 1. The predicted octanol–water partition coefficient (Wildman–Crippen LogP) is 1.63. The van der Waals surface area contributed by atoms with E-state index in [-0.39, 0.29) is 17.2 Å². The molecule has 2 atom stereocenters. The molecular formula is C12H16ClFN2O2. The molecule has 1 rings (SSSR count). The topological polar surface area (TPSA) is 64.3 Å². The second kappa shape index (κ2) is 6.68. The molecule has 0 aromatic heterocycles. The van der Waals surface area contributed by atoms with Crippen LogP contribution in [0.2, 0.25) is 5.02 Å². The zero-order valence-corrected chi connectivity index (χ0v) is 11.0. The predicted molar refractivity (Wildman–Crippen MR) is 67.8 cm³/mol. The molecule has 1 aromatic rings. The van der Waals surface area contributed by atoms with E-state index in [1.807, 2.05) is 0 Å². The number of rotatable bonds is 5. The van der Waals surface area contributed by atoms with E-state index in [1.165, 1.54) is 19.2 Å². The van der Waals surface area contributed by atoms with E-state index in [9.17, 15) is 9.18 Å². The van der Waals surface area contributed by atoms with E-state index in [4.69, 9.17) is 22.1 Å². The number of benzene rings is 1. The van der Waals surface area contributed by atoms with Gasteiger partial charge in [-0.05, 0) is 19.1 Å². The Kier molecular flexibility index (Phi) is 5.53. The highest BCUT2D eigenvalue weighted by Crippen LogP contribution is 2.25. The largest absolute Gasteiger partial charge is 0.383 e. The van der Waals surface area contributed by atoms with Crippen LogP contribution in [0.3, 0.4) is 0 Å². The Bertz CT molecular complexity index is 408. The molecule has 0 fully saturated rings. The number of amides is 1. The monoisotopic (exact) mass is 274 g/mol. The Morgan fingerprint density at radius 2 is 2.28 bits per heavy atom. The molecule has 0 radical (unpaired) electrons. The minimum Gasteiger partial charge on any atom is -0.383 e. The molecule has 100 valence electrons. The third-order valence-corrected chi connectivity index (χ3v) is 2.80. The summed E-state index contributed by atoms with van der Waals surface area (Å²) in [5.74, 6) is -0.876. The van der Waals surface area contributed by atoms with Gasteiger partial charge in [0.25, 0.3) is 0 Å². The summed E-state index contributed by atoms with van der Waals surface area (Å²) in [5.41, 5.74) is 5.81. The first-order valence-electron chi connectivity index (χ1n) is 5.46. The van der Waals surface area contributed by atoms with Crippen molar-refractivity contribution in [2.75, 3.05) is 13.7 Å². The Hall–Kier alpha value is -1.17. The van der Waals surface area contributed by atoms with Gasteiger partial charge in [-0.1, -0.05) is 17.7 Å². The molecule has 0 aliphatic heterocycles. The zero-order chi connectivity index (χ0) is 13.7. The van der Waals surface area contributed by atoms with E-state index >= 15 is 0 Å². The summed E-state index contributed by atoms with van der Waals surface area (Å²) in [5, 5.41) is 2.86. The Balaban J connectivity index is 2.76. The third kappa shape index (κ3) is 3.66. The maximum Gasteiger partial charge on any atom is 0.239 e. The van der Waals surface area contributed by atoms with E-state index in [0.717, 1.165) is 0 Å². The summed E-state index contributed by atoms with van der Waals surface area (Å²) >= 11 is 5.90. The van der Waals surface area contributed by atoms with Gasteiger partial charge >= 0.3 is 0 Å². The van der Waals surface area contributed by atoms with Gasteiger partial charge in [0.15, 0.2) is 0 Å². The van der Waals surface area contributed by atoms with Gasteiger partial charge in [0.2, 0.25) is 5.91 Å². The van der Waals surface area contributed by atoms with Crippen molar-refractivity contribution < 1.29 is 13.9 Å². The van der Waals surface area contributed by atoms with Crippen LogP contribution >= 0.6 is 11.6 Å². The normalized spacial score (nSPS) is 14.1. The fraction of sp³-hybridized carbons (Fsp3) is 0.417. The van der Waals surface area contributed by atoms with Crippen LogP contribution in [-0.2, 0) is 9.53 Å². The van der Waals surface area contributed by atoms with E-state index in [1.54, 1.807) is 13.0 Å². The van der Waals surface area contributed by atoms with Crippen LogP contribution in [0.15, 0.2) is 18.2 Å². The van der Waals surface area contributed by atoms with Crippen LogP contribution in [0.4, 0.5) is 4.39 Å². The molecular weight excluding hydrogens is 259 g/mol. The molecule has 0 bridgehead atoms. The van der Waals surface area contributed by atoms with E-state index in [2.05, 4.69) is 5.32 Å². The highest BCUT2D eigenvalue weighted by molar-refractivity contribution is 6.31. The standard InChI is InChI=1S/C12H16ClFN2O2/c1-7(16-12(17)10(15)6-18-2)11-8(13)4-3-5-9(11)14/h3-5,7,10H,6,15H2,1-2H3,(H,16,17). The molecule has 1 aromatic carbocycles. The smallest absolute Gasteiger partial charge is 0.239 e. The van der Waals surface area contributed by atoms with Crippen LogP contribution in [0.25, 0.3) is 0 Å². The summed E-state index contributed by atoms with van der Waals surface area (Å²) in [6.45, 7) is 1.74. The molecule has 2 unspecified atom stereocenters. The number of ether oxygens (including phenoxy) is 1. The van der Waals surface area contributed by atoms with Gasteiger partial charge in [-0.25, -0.2) is 4.39 Å². The van der Waals surface area contributed by atoms with Gasteiger partial charge in [-0.3, -0.25) is 4.79 Å². The summed E-state index contributed by atoms with van der Waals surface area (Å²) in [6, 6.07) is 3.01. The van der Waals surface area contributed by atoms with E-state index < -0.39 is 23.8 Å². The molecule has 6 heteroatoms. The van der Waals surface area contributed by atoms with Gasteiger partial charge in [-0.15, -0.1) is 0 Å². The first kappa shape index (κ1) is 14.9. The average molecular weight is 275 g/mol. The van der Waals surface area contributed by atoms with Crippen LogP contribution < -0.4 is 11.1 Å². The number of nitrogens with one attached hydrogen (secondary N) is 1. The Morgan fingerprint density at radius 1 is 1.61 bits per heavy atom. The van der Waals surface area contributed by atoms with Crippen LogP contribution in [0.1, 0.15) is 18.5 Å². The summed E-state index contributed by atoms with van der Waals surface area (Å²) < 4.78 is 18.4. The van der Waals surface area contributed by atoms with Gasteiger partial charge < -0.3 is 15.8 Å². The minimum absolute atomic E-state index is 0.101. The van der Waals surface area contributed by atoms with Crippen LogP contribution in [0.5, 0.6) is 0 Å². The molecule has 18 heavy (non-hydrogen) atoms. The van der Waals surface area contributed by atoms with Crippen molar-refractivity contribution in [3.63, 3.8) is 0 Å². The SMILES string of the molecule is COCC(N)C(=O)NC(C)c1c(F)cccc1Cl. The van der Waals surface area contributed by atoms with Gasteiger partial charge in [0, 0.05) is 17.7 Å². The highest BCUT2D eigenvalue weighted by atomic mass is 35.5. The molecule has 1 amide bonds. The van der Waals surface area contributed by atoms with Crippen LogP contribution in [-0.4, -0.2) is 25.7 Å². The number of carbonyl (C=O) groups excluding carboxylic acids is 1. The number of carbonyl (C=O) groups is 1. The van der Waals surface area contributed by atoms with Gasteiger partial charge in [0.05, 0.1) is 12.6 Å². The van der Waals surface area contributed by atoms with Crippen LogP contribution in [0, 0.1) is 5.82 Å². The Morgan fingerprint density at radius 3 is 2.83 bits per heavy atom. The molecule has 0 spiro atoms. The minimum atomic E-state index is -0.789. The maximum absolute atomic E-state index is 13.6. The lowest BCUT2D eigenvalue weighted by Crippen LogP contribution is -2.44. The maximum atomic E-state index is 13.6. The lowest BCUT2D eigenvalue weighted by atomic mass is 10.1. The fourth-order valence-corrected chi connectivity index (χ4v) is 1.90. The van der Waals surface area contributed by atoms with Crippen molar-refractivity contribution in [3.8, 4) is 0 Å². The lowest BCUT2D eigenvalue weighted by molar-refractivity contribution is -0.124. The molecule has 4 nitrogen and oxygen atoms in total. The quantitative estimate of drug-likeness (QED) is 0.858. The molecule has 3 N–H and O–H groups in total. The van der Waals surface area contributed by atoms with Crippen molar-refractivity contribution in [1.82, 2.24) is 5.32 Å². The van der Waals surface area contributed by atoms with Crippen molar-refractivity contribution in [1.29, 1.82) is 0 Å². The highest BCUT2D eigenvalue weighted by Gasteiger charge is 2.20. The second-order valence-corrected chi connectivity index (χ2v) is 4.33. The molecule has 0 saturated carbocycles. The number of methoxy groups -OCH3 is 1. The summed E-state index contributed by atoms with van der Waals surface area (Å²) in [7, 11) is 1.45. The molecule has 0 aliphatic carbocycles. The fourth-order valence-electron chi connectivity index (χ4n) is 1.57. The Labute approximate surface area is 110 Å². The number of hydrogen-bond donors (Lipinski definition) is 2. The number of halogens is 2. The average Bonchev–Trinajstić information content (AvgIpc) is 2.28. The lowest BCUT2D eigenvalue weighted by Gasteiger charge is -2.19. The summed E-state index contributed by atoms with van der Waals surface area (Å²) in [4.78, 5) is 11.7. The van der Waals surface area contributed by atoms with Gasteiger partial charge in [-0.2, -0.15) is 0 Å². The first-order chi connectivity index (χ1) is 8.47. The summed E-state index contributed by atoms with van der Waals surface area (Å²) in [6.07, 6.45) is 0. The van der Waals surface area contributed by atoms with E-state index in [0.29, 0.717) is 0 Å². The van der Waals surface area contributed by atoms with Crippen molar-refractivity contribution in [2.24, 2.45) is 5.73 Å². The molecule has 0 heterocycles. The van der Waals surface area contributed by atoms with Crippen molar-refractivity contribution in [3.05, 3.63) is 34.6 Å². The molecule has 0 saturated heterocycles. The molecule has 0 aliphatic rings. The first-order valence-corrected chi connectivity index (χ1v) is 5.84. The zero-order valence-electron chi connectivity index (χ0n) is 10.2. The van der Waals surface area contributed by atoms with Crippen molar-refractivity contribution >= 4 is 17.5 Å². The third-order valence-electron chi connectivity index (χ3n) is 2.47. The van der Waals surface area contributed by atoms with Crippen molar-refractivity contribution in [2.45, 2.75) is 19.0 Å².